The van der Waals surface area contributed by atoms with Gasteiger partial charge in [-0.2, -0.15) is 12.6 Å². The Labute approximate surface area is 82.9 Å². The average molecular weight is 205 g/mol. The van der Waals surface area contributed by atoms with Crippen molar-refractivity contribution < 1.29 is 14.7 Å². The van der Waals surface area contributed by atoms with Gasteiger partial charge in [0.25, 0.3) is 0 Å². The summed E-state index contributed by atoms with van der Waals surface area (Å²) in [5.41, 5.74) is 3.74. The lowest BCUT2D eigenvalue weighted by Crippen LogP contribution is -2.55. The molecule has 0 rings (SSSR count). The molecule has 0 radical (unpaired) electrons. The molecule has 0 bridgehead atoms. The van der Waals surface area contributed by atoms with Crippen LogP contribution in [-0.4, -0.2) is 28.2 Å². The van der Waals surface area contributed by atoms with Gasteiger partial charge in [-0.15, -0.1) is 0 Å². The molecular formula is C8H15NO3S. The lowest BCUT2D eigenvalue weighted by Gasteiger charge is -2.21. The molecule has 0 aromatic carbocycles. The maximum atomic E-state index is 11.2. The van der Waals surface area contributed by atoms with Crippen LogP contribution in [0.25, 0.3) is 0 Å². The number of Topliss-reactive ketones (excluding diaryl/α,β-unsaturated/α-hetero) is 1. The summed E-state index contributed by atoms with van der Waals surface area (Å²) in [6, 6.07) is 0. The van der Waals surface area contributed by atoms with E-state index in [-0.39, 0.29) is 12.2 Å². The number of nitrogens with two attached hydrogens (primary N) is 1. The summed E-state index contributed by atoms with van der Waals surface area (Å²) in [7, 11) is 0. The zero-order valence-electron chi connectivity index (χ0n) is 7.62. The highest BCUT2D eigenvalue weighted by molar-refractivity contribution is 7.81. The highest BCUT2D eigenvalue weighted by Crippen LogP contribution is 2.13. The molecule has 3 N–H and O–H groups in total. The summed E-state index contributed by atoms with van der Waals surface area (Å²) in [6.45, 7) is 1.91. The van der Waals surface area contributed by atoms with Crippen LogP contribution in [0.3, 0.4) is 0 Å². The predicted molar refractivity (Wildman–Crippen MR) is 52.9 cm³/mol. The number of carbonyl (C=O) groups is 2. The van der Waals surface area contributed by atoms with E-state index in [1.165, 1.54) is 0 Å². The number of aliphatic carboxylic acids is 1. The van der Waals surface area contributed by atoms with Gasteiger partial charge in [-0.1, -0.05) is 19.8 Å². The second-order valence-corrected chi connectivity index (χ2v) is 3.28. The Bertz CT molecular complexity index is 208. The van der Waals surface area contributed by atoms with E-state index in [0.717, 1.165) is 6.42 Å². The molecule has 5 heteroatoms. The van der Waals surface area contributed by atoms with Crippen molar-refractivity contribution in [1.29, 1.82) is 0 Å². The second kappa shape index (κ2) is 5.24. The summed E-state index contributed by atoms with van der Waals surface area (Å²) < 4.78 is 0. The van der Waals surface area contributed by atoms with Gasteiger partial charge in [0.15, 0.2) is 11.3 Å². The second-order valence-electron chi connectivity index (χ2n) is 2.96. The van der Waals surface area contributed by atoms with Crippen molar-refractivity contribution in [3.8, 4) is 0 Å². The van der Waals surface area contributed by atoms with Crippen LogP contribution in [0.15, 0.2) is 0 Å². The third-order valence-corrected chi connectivity index (χ3v) is 2.23. The van der Waals surface area contributed by atoms with Crippen LogP contribution in [0.4, 0.5) is 0 Å². The number of carbonyl (C=O) groups excluding carboxylic acids is 1. The third kappa shape index (κ3) is 3.00. The fourth-order valence-corrected chi connectivity index (χ4v) is 1.24. The zero-order valence-corrected chi connectivity index (χ0v) is 8.51. The Hall–Kier alpha value is -0.550. The van der Waals surface area contributed by atoms with Crippen molar-refractivity contribution in [1.82, 2.24) is 0 Å². The minimum Gasteiger partial charge on any atom is -0.480 e. The van der Waals surface area contributed by atoms with Gasteiger partial charge in [0, 0.05) is 0 Å². The van der Waals surface area contributed by atoms with Crippen molar-refractivity contribution in [2.24, 2.45) is 5.73 Å². The Balaban J connectivity index is 4.52. The van der Waals surface area contributed by atoms with E-state index in [2.05, 4.69) is 12.6 Å². The van der Waals surface area contributed by atoms with E-state index in [9.17, 15) is 9.59 Å². The standard InChI is InChI=1S/C8H15NO3S/c1-2-3-4-8(9,7(11)12)6(10)5-13/h13H,2-5,9H2,1H3,(H,11,12). The quantitative estimate of drug-likeness (QED) is 0.434. The van der Waals surface area contributed by atoms with Crippen LogP contribution in [0.2, 0.25) is 0 Å². The Morgan fingerprint density at radius 3 is 2.38 bits per heavy atom. The first-order valence-corrected chi connectivity index (χ1v) is 4.78. The number of ketones is 1. The molecule has 1 unspecified atom stereocenters. The first-order chi connectivity index (χ1) is 5.99. The van der Waals surface area contributed by atoms with Gasteiger partial charge >= 0.3 is 5.97 Å². The predicted octanol–water partition coefficient (Wildman–Crippen LogP) is 0.458. The largest absolute Gasteiger partial charge is 0.480 e. The molecule has 0 fully saturated rings. The molecular weight excluding hydrogens is 190 g/mol. The van der Waals surface area contributed by atoms with Crippen LogP contribution < -0.4 is 5.73 Å². The number of carboxylic acids is 1. The molecule has 0 amide bonds. The number of hydrogen-bond donors (Lipinski definition) is 3. The van der Waals surface area contributed by atoms with Crippen LogP contribution in [0.5, 0.6) is 0 Å². The van der Waals surface area contributed by atoms with E-state index < -0.39 is 17.3 Å². The number of carboxylic acid groups (broad SMARTS) is 1. The van der Waals surface area contributed by atoms with Crippen molar-refractivity contribution in [2.45, 2.75) is 31.7 Å². The van der Waals surface area contributed by atoms with Gasteiger partial charge in [0.2, 0.25) is 0 Å². The molecule has 0 aliphatic heterocycles. The summed E-state index contributed by atoms with van der Waals surface area (Å²) in [5, 5.41) is 8.78. The van der Waals surface area contributed by atoms with Crippen LogP contribution in [0.1, 0.15) is 26.2 Å². The van der Waals surface area contributed by atoms with E-state index in [1.54, 1.807) is 0 Å². The number of thiol groups is 1. The number of hydrogen-bond acceptors (Lipinski definition) is 4. The van der Waals surface area contributed by atoms with Crippen LogP contribution in [0, 0.1) is 0 Å². The fourth-order valence-electron chi connectivity index (χ4n) is 0.962. The van der Waals surface area contributed by atoms with Gasteiger partial charge in [-0.25, -0.2) is 4.79 Å². The third-order valence-electron chi connectivity index (χ3n) is 1.95. The molecule has 0 aromatic heterocycles. The topological polar surface area (TPSA) is 80.4 Å². The summed E-state index contributed by atoms with van der Waals surface area (Å²) in [4.78, 5) is 21.9. The Kier molecular flexibility index (Phi) is 5.02. The first-order valence-electron chi connectivity index (χ1n) is 4.15. The summed E-state index contributed by atoms with van der Waals surface area (Å²) in [6.07, 6.45) is 1.62. The van der Waals surface area contributed by atoms with Crippen LogP contribution >= 0.6 is 12.6 Å². The van der Waals surface area contributed by atoms with E-state index in [4.69, 9.17) is 10.8 Å². The minimum atomic E-state index is -1.74. The molecule has 4 nitrogen and oxygen atoms in total. The molecule has 0 heterocycles. The molecule has 0 saturated carbocycles. The number of rotatable bonds is 6. The molecule has 13 heavy (non-hydrogen) atoms. The zero-order chi connectivity index (χ0) is 10.5. The van der Waals surface area contributed by atoms with Gasteiger partial charge < -0.3 is 10.8 Å². The maximum Gasteiger partial charge on any atom is 0.331 e. The maximum absolute atomic E-state index is 11.2. The highest BCUT2D eigenvalue weighted by atomic mass is 32.1. The Morgan fingerprint density at radius 2 is 2.08 bits per heavy atom. The summed E-state index contributed by atoms with van der Waals surface area (Å²) >= 11 is 3.73. The fraction of sp³-hybridized carbons (Fsp3) is 0.750. The monoisotopic (exact) mass is 205 g/mol. The van der Waals surface area contributed by atoms with Crippen LogP contribution in [-0.2, 0) is 9.59 Å². The molecule has 0 aromatic rings. The average Bonchev–Trinajstić information content (AvgIpc) is 2.12. The first kappa shape index (κ1) is 12.4. The Morgan fingerprint density at radius 1 is 1.54 bits per heavy atom. The highest BCUT2D eigenvalue weighted by Gasteiger charge is 2.39. The van der Waals surface area contributed by atoms with Gasteiger partial charge in [0.05, 0.1) is 5.75 Å². The lowest BCUT2D eigenvalue weighted by molar-refractivity contribution is -0.147. The van der Waals surface area contributed by atoms with E-state index >= 15 is 0 Å². The molecule has 0 spiro atoms. The van der Waals surface area contributed by atoms with Crippen molar-refractivity contribution in [3.63, 3.8) is 0 Å². The smallest absolute Gasteiger partial charge is 0.331 e. The molecule has 0 aliphatic carbocycles. The van der Waals surface area contributed by atoms with E-state index in [1.807, 2.05) is 6.92 Å². The van der Waals surface area contributed by atoms with E-state index in [0.29, 0.717) is 6.42 Å². The van der Waals surface area contributed by atoms with Gasteiger partial charge in [-0.05, 0) is 6.42 Å². The molecule has 0 saturated heterocycles. The van der Waals surface area contributed by atoms with Crippen molar-refractivity contribution >= 4 is 24.4 Å². The molecule has 1 atom stereocenters. The SMILES string of the molecule is CCCCC(N)(C(=O)O)C(=O)CS. The summed E-state index contributed by atoms with van der Waals surface area (Å²) in [5.74, 6) is -1.93. The van der Waals surface area contributed by atoms with Gasteiger partial charge in [0.1, 0.15) is 0 Å². The van der Waals surface area contributed by atoms with Crippen molar-refractivity contribution in [3.05, 3.63) is 0 Å². The minimum absolute atomic E-state index is 0.132. The molecule has 76 valence electrons. The number of unbranched alkanes of at least 4 members (excludes halogenated alkanes) is 1. The van der Waals surface area contributed by atoms with Crippen molar-refractivity contribution in [2.75, 3.05) is 5.75 Å². The normalized spacial score (nSPS) is 15.0. The lowest BCUT2D eigenvalue weighted by atomic mass is 9.90. The van der Waals surface area contributed by atoms with Gasteiger partial charge in [-0.3, -0.25) is 4.79 Å². The molecule has 0 aliphatic rings.